The average Bonchev–Trinajstić information content (AvgIpc) is 2.43. The third kappa shape index (κ3) is 15.5. The van der Waals surface area contributed by atoms with Gasteiger partial charge in [0.2, 0.25) is 0 Å². The molecule has 0 saturated carbocycles. The van der Waals surface area contributed by atoms with Crippen LogP contribution >= 0.6 is 0 Å². The van der Waals surface area contributed by atoms with E-state index >= 15 is 0 Å². The van der Waals surface area contributed by atoms with Crippen molar-refractivity contribution in [3.8, 4) is 0 Å². The van der Waals surface area contributed by atoms with E-state index in [0.717, 1.165) is 0 Å². The van der Waals surface area contributed by atoms with E-state index in [9.17, 15) is 0 Å². The molecule has 0 aromatic carbocycles. The van der Waals surface area contributed by atoms with Gasteiger partial charge in [-0.15, -0.1) is 0 Å². The van der Waals surface area contributed by atoms with Gasteiger partial charge in [-0.2, -0.15) is 0 Å². The fourth-order valence-corrected chi connectivity index (χ4v) is 2.52. The number of rotatable bonds is 0. The number of aliphatic hydroxyl groups is 3. The van der Waals surface area contributed by atoms with Crippen LogP contribution in [0.4, 0.5) is 0 Å². The Morgan fingerprint density at radius 1 is 0.696 bits per heavy atom. The zero-order valence-corrected chi connectivity index (χ0v) is 19.5. The van der Waals surface area contributed by atoms with E-state index < -0.39 is 0 Å². The standard InChI is InChI=1S/C10H15.3C3H8O.Zr/c1-7-6-10(4,5)9(3)8(7)2;3*1-3(2)4;/h1-5H3;3*3-4H,1-2H3;. The summed E-state index contributed by atoms with van der Waals surface area (Å²) in [5, 5.41) is 24.2. The molecule has 137 valence electrons. The molecule has 0 radical (unpaired) electrons. The second-order valence-corrected chi connectivity index (χ2v) is 8.39. The van der Waals surface area contributed by atoms with Crippen molar-refractivity contribution in [2.24, 2.45) is 5.41 Å². The van der Waals surface area contributed by atoms with Gasteiger partial charge in [0.1, 0.15) is 0 Å². The van der Waals surface area contributed by atoms with Crippen molar-refractivity contribution < 1.29 is 40.0 Å². The first kappa shape index (κ1) is 28.1. The molecule has 0 heterocycles. The Kier molecular flexibility index (Phi) is 16.5. The molecule has 4 heteroatoms. The molecule has 1 rings (SSSR count). The molecule has 0 amide bonds. The van der Waals surface area contributed by atoms with Gasteiger partial charge in [-0.3, -0.25) is 0 Å². The maximum absolute atomic E-state index is 8.06. The van der Waals surface area contributed by atoms with Crippen molar-refractivity contribution in [3.05, 3.63) is 20.0 Å². The van der Waals surface area contributed by atoms with Gasteiger partial charge in [-0.05, 0) is 41.5 Å². The Balaban J connectivity index is -0.000000278. The molecule has 1 aliphatic rings. The van der Waals surface area contributed by atoms with Gasteiger partial charge in [0, 0.05) is 18.3 Å². The summed E-state index contributed by atoms with van der Waals surface area (Å²) in [6, 6.07) is 0. The van der Waals surface area contributed by atoms with E-state index in [4.69, 9.17) is 15.3 Å². The van der Waals surface area contributed by atoms with Gasteiger partial charge in [0.15, 0.2) is 0 Å². The fourth-order valence-electron chi connectivity index (χ4n) is 1.59. The Morgan fingerprint density at radius 3 is 0.957 bits per heavy atom. The predicted octanol–water partition coefficient (Wildman–Crippen LogP) is 4.34. The molecule has 0 fully saturated rings. The van der Waals surface area contributed by atoms with Gasteiger partial charge in [0.05, 0.1) is 0 Å². The summed E-state index contributed by atoms with van der Waals surface area (Å²) < 4.78 is 1.62. The summed E-state index contributed by atoms with van der Waals surface area (Å²) in [7, 11) is 0. The van der Waals surface area contributed by atoms with Crippen molar-refractivity contribution in [2.45, 2.75) is 94.5 Å². The maximum atomic E-state index is 8.06. The zero-order valence-electron chi connectivity index (χ0n) is 17.1. The van der Waals surface area contributed by atoms with E-state index in [1.807, 2.05) is 0 Å². The Hall–Kier alpha value is 0.243. The average molecular weight is 407 g/mol. The molecule has 23 heavy (non-hydrogen) atoms. The molecule has 0 unspecified atom stereocenters. The minimum absolute atomic E-state index is 0.167. The molecule has 0 aliphatic heterocycles. The van der Waals surface area contributed by atoms with Crippen LogP contribution < -0.4 is 0 Å². The van der Waals surface area contributed by atoms with Crippen molar-refractivity contribution in [1.82, 2.24) is 0 Å². The minimum atomic E-state index is -0.167. The summed E-state index contributed by atoms with van der Waals surface area (Å²) >= 11 is 1.57. The van der Waals surface area contributed by atoms with Gasteiger partial charge < -0.3 is 15.3 Å². The van der Waals surface area contributed by atoms with Gasteiger partial charge in [0.25, 0.3) is 0 Å². The summed E-state index contributed by atoms with van der Waals surface area (Å²) in [5.41, 5.74) is 4.96. The van der Waals surface area contributed by atoms with Crippen LogP contribution in [0.15, 0.2) is 20.0 Å². The SMILES string of the molecule is CC(C)O.CC(C)O.CC(C)O.CC1=C(C)C(C)(C)[C]([Zr])=C1C. The molecule has 0 aromatic heterocycles. The first-order valence-electron chi connectivity index (χ1n) is 8.24. The van der Waals surface area contributed by atoms with Crippen LogP contribution in [0.3, 0.4) is 0 Å². The Bertz CT molecular complexity index is 330. The topological polar surface area (TPSA) is 60.7 Å². The third-order valence-electron chi connectivity index (χ3n) is 3.06. The molecular formula is C19H39O3Zr. The molecule has 0 aromatic rings. The Labute approximate surface area is 159 Å². The van der Waals surface area contributed by atoms with E-state index in [2.05, 4.69) is 34.6 Å². The summed E-state index contributed by atoms with van der Waals surface area (Å²) in [6.07, 6.45) is -0.500. The first-order chi connectivity index (χ1) is 10.1. The van der Waals surface area contributed by atoms with E-state index in [-0.39, 0.29) is 18.3 Å². The molecule has 1 aliphatic carbocycles. The molecule has 0 saturated heterocycles. The van der Waals surface area contributed by atoms with Crippen LogP contribution in [0.2, 0.25) is 0 Å². The van der Waals surface area contributed by atoms with Crippen LogP contribution in [0.25, 0.3) is 0 Å². The molecule has 0 bridgehead atoms. The number of hydrogen-bond donors (Lipinski definition) is 3. The monoisotopic (exact) mass is 405 g/mol. The molecule has 0 atom stereocenters. The van der Waals surface area contributed by atoms with E-state index in [1.54, 1.807) is 75.1 Å². The van der Waals surface area contributed by atoms with Crippen LogP contribution in [-0.4, -0.2) is 33.6 Å². The fraction of sp³-hybridized carbons (Fsp3) is 0.789. The molecule has 3 nitrogen and oxygen atoms in total. The number of allylic oxidation sites excluding steroid dienone is 4. The summed E-state index contributed by atoms with van der Waals surface area (Å²) in [5.74, 6) is 0. The van der Waals surface area contributed by atoms with E-state index in [0.29, 0.717) is 5.41 Å². The van der Waals surface area contributed by atoms with Gasteiger partial charge in [-0.1, -0.05) is 0 Å². The van der Waals surface area contributed by atoms with E-state index in [1.165, 1.54) is 11.1 Å². The van der Waals surface area contributed by atoms with Crippen molar-refractivity contribution in [2.75, 3.05) is 0 Å². The second kappa shape index (κ2) is 13.5. The normalized spacial score (nSPS) is 15.8. The third-order valence-corrected chi connectivity index (χ3v) is 5.52. The predicted molar refractivity (Wildman–Crippen MR) is 96.9 cm³/mol. The van der Waals surface area contributed by atoms with Crippen LogP contribution in [-0.2, 0) is 24.7 Å². The quantitative estimate of drug-likeness (QED) is 0.560. The van der Waals surface area contributed by atoms with Crippen molar-refractivity contribution in [3.63, 3.8) is 0 Å². The van der Waals surface area contributed by atoms with Crippen LogP contribution in [0.1, 0.15) is 76.2 Å². The second-order valence-electron chi connectivity index (χ2n) is 7.16. The van der Waals surface area contributed by atoms with Crippen LogP contribution in [0, 0.1) is 5.41 Å². The number of aliphatic hydroxyl groups excluding tert-OH is 3. The van der Waals surface area contributed by atoms with Crippen molar-refractivity contribution >= 4 is 0 Å². The Morgan fingerprint density at radius 2 is 0.913 bits per heavy atom. The number of hydrogen-bond acceptors (Lipinski definition) is 3. The molecule has 3 N–H and O–H groups in total. The van der Waals surface area contributed by atoms with Gasteiger partial charge in [-0.25, -0.2) is 0 Å². The molecule has 0 spiro atoms. The first-order valence-corrected chi connectivity index (χ1v) is 9.47. The van der Waals surface area contributed by atoms with Gasteiger partial charge >= 0.3 is 84.8 Å². The molecular weight excluding hydrogens is 367 g/mol. The van der Waals surface area contributed by atoms with Crippen LogP contribution in [0.5, 0.6) is 0 Å². The zero-order chi connectivity index (χ0) is 19.5. The van der Waals surface area contributed by atoms with Crippen molar-refractivity contribution in [1.29, 1.82) is 0 Å². The summed E-state index contributed by atoms with van der Waals surface area (Å²) in [6.45, 7) is 21.7. The summed E-state index contributed by atoms with van der Waals surface area (Å²) in [4.78, 5) is 0.